The van der Waals surface area contributed by atoms with Gasteiger partial charge in [-0.1, -0.05) is 63.3 Å². The topological polar surface area (TPSA) is 9.23 Å². The summed E-state index contributed by atoms with van der Waals surface area (Å²) in [5.41, 5.74) is 0. The highest BCUT2D eigenvalue weighted by atomic mass is 28.3. The molecular weight excluding hydrogens is 252 g/mol. The van der Waals surface area contributed by atoms with Crippen molar-refractivity contribution in [1.29, 1.82) is 0 Å². The van der Waals surface area contributed by atoms with Crippen LogP contribution in [0.2, 0.25) is 32.2 Å². The van der Waals surface area contributed by atoms with Gasteiger partial charge in [-0.05, 0) is 17.7 Å². The first-order chi connectivity index (χ1) is 8.61. The van der Waals surface area contributed by atoms with Crippen molar-refractivity contribution < 1.29 is 4.74 Å². The van der Waals surface area contributed by atoms with Crippen molar-refractivity contribution in [2.75, 3.05) is 6.61 Å². The molecule has 3 heteroatoms. The minimum absolute atomic E-state index is 0.0278. The summed E-state index contributed by atoms with van der Waals surface area (Å²) in [6.45, 7) is 10.3. The molecule has 0 fully saturated rings. The fourth-order valence-corrected chi connectivity index (χ4v) is 3.98. The molecule has 2 radical (unpaired) electrons. The van der Waals surface area contributed by atoms with Gasteiger partial charge in [-0.2, -0.15) is 0 Å². The predicted octanol–water partition coefficient (Wildman–Crippen LogP) is 3.95. The SMILES string of the molecule is C[Si](C)CCCCCOc1ccccc1[Si](C)C. The molecule has 0 spiro atoms. The summed E-state index contributed by atoms with van der Waals surface area (Å²) >= 11 is 0. The molecule has 1 aromatic carbocycles. The smallest absolute Gasteiger partial charge is 0.118 e. The number of hydrogen-bond donors (Lipinski definition) is 0. The molecule has 1 aromatic rings. The van der Waals surface area contributed by atoms with Crippen LogP contribution in [0.3, 0.4) is 0 Å². The second-order valence-corrected chi connectivity index (χ2v) is 10.8. The van der Waals surface area contributed by atoms with E-state index in [1.165, 1.54) is 30.5 Å². The molecule has 18 heavy (non-hydrogen) atoms. The average Bonchev–Trinajstić information content (AvgIpc) is 2.33. The van der Waals surface area contributed by atoms with E-state index in [0.717, 1.165) is 12.4 Å². The number of unbranched alkanes of at least 4 members (excludes halogenated alkanes) is 2. The van der Waals surface area contributed by atoms with E-state index < -0.39 is 8.80 Å². The molecule has 0 amide bonds. The quantitative estimate of drug-likeness (QED) is 0.517. The van der Waals surface area contributed by atoms with Crippen LogP contribution in [-0.2, 0) is 0 Å². The van der Waals surface area contributed by atoms with Crippen molar-refractivity contribution in [3.63, 3.8) is 0 Å². The molecule has 0 aliphatic heterocycles. The zero-order valence-electron chi connectivity index (χ0n) is 12.3. The second-order valence-electron chi connectivity index (χ2n) is 5.36. The zero-order valence-corrected chi connectivity index (χ0v) is 14.3. The van der Waals surface area contributed by atoms with E-state index in [2.05, 4.69) is 50.5 Å². The molecule has 0 aromatic heterocycles. The lowest BCUT2D eigenvalue weighted by Gasteiger charge is -2.13. The molecule has 100 valence electrons. The van der Waals surface area contributed by atoms with Gasteiger partial charge in [-0.15, -0.1) is 0 Å². The maximum Gasteiger partial charge on any atom is 0.118 e. The Morgan fingerprint density at radius 3 is 2.33 bits per heavy atom. The van der Waals surface area contributed by atoms with Crippen LogP contribution >= 0.6 is 0 Å². The zero-order chi connectivity index (χ0) is 13.4. The molecule has 0 aliphatic rings. The summed E-state index contributed by atoms with van der Waals surface area (Å²) < 4.78 is 5.94. The van der Waals surface area contributed by atoms with Gasteiger partial charge in [0.15, 0.2) is 0 Å². The van der Waals surface area contributed by atoms with E-state index >= 15 is 0 Å². The van der Waals surface area contributed by atoms with Crippen molar-refractivity contribution in [3.8, 4) is 5.75 Å². The van der Waals surface area contributed by atoms with Gasteiger partial charge in [0.25, 0.3) is 0 Å². The van der Waals surface area contributed by atoms with E-state index in [4.69, 9.17) is 4.74 Å². The molecule has 0 heterocycles. The van der Waals surface area contributed by atoms with E-state index in [1.54, 1.807) is 0 Å². The predicted molar refractivity (Wildman–Crippen MR) is 85.2 cm³/mol. The summed E-state index contributed by atoms with van der Waals surface area (Å²) in [5, 5.41) is 1.43. The molecule has 0 saturated carbocycles. The Morgan fingerprint density at radius 2 is 1.67 bits per heavy atom. The first kappa shape index (κ1) is 15.5. The van der Waals surface area contributed by atoms with Crippen LogP contribution in [0.5, 0.6) is 5.75 Å². The van der Waals surface area contributed by atoms with Crippen LogP contribution in [0.4, 0.5) is 0 Å². The highest BCUT2D eigenvalue weighted by molar-refractivity contribution is 6.71. The number of benzene rings is 1. The average molecular weight is 279 g/mol. The Hall–Kier alpha value is -0.546. The lowest BCUT2D eigenvalue weighted by Crippen LogP contribution is -2.24. The first-order valence-electron chi connectivity index (χ1n) is 6.92. The van der Waals surface area contributed by atoms with Gasteiger partial charge in [0, 0.05) is 8.80 Å². The summed E-state index contributed by atoms with van der Waals surface area (Å²) in [5.74, 6) is 1.12. The molecule has 0 unspecified atom stereocenters. The van der Waals surface area contributed by atoms with Crippen LogP contribution < -0.4 is 9.92 Å². The second kappa shape index (κ2) is 8.54. The molecule has 1 rings (SSSR count). The largest absolute Gasteiger partial charge is 0.494 e. The third kappa shape index (κ3) is 5.87. The lowest BCUT2D eigenvalue weighted by molar-refractivity contribution is 0.308. The molecule has 0 atom stereocenters. The van der Waals surface area contributed by atoms with Crippen molar-refractivity contribution in [1.82, 2.24) is 0 Å². The highest BCUT2D eigenvalue weighted by Crippen LogP contribution is 2.10. The molecule has 0 bridgehead atoms. The Balaban J connectivity index is 2.27. The van der Waals surface area contributed by atoms with Gasteiger partial charge >= 0.3 is 0 Å². The van der Waals surface area contributed by atoms with Gasteiger partial charge < -0.3 is 4.74 Å². The van der Waals surface area contributed by atoms with Gasteiger partial charge in [-0.3, -0.25) is 0 Å². The van der Waals surface area contributed by atoms with Crippen LogP contribution in [0.15, 0.2) is 24.3 Å². The summed E-state index contributed by atoms with van der Waals surface area (Å²) in [7, 11) is -0.448. The van der Waals surface area contributed by atoms with Gasteiger partial charge in [0.1, 0.15) is 5.75 Å². The van der Waals surface area contributed by atoms with E-state index in [-0.39, 0.29) is 8.80 Å². The van der Waals surface area contributed by atoms with Crippen LogP contribution in [0.25, 0.3) is 0 Å². The monoisotopic (exact) mass is 278 g/mol. The van der Waals surface area contributed by atoms with Crippen molar-refractivity contribution >= 4 is 22.8 Å². The maximum atomic E-state index is 5.94. The third-order valence-electron chi connectivity index (χ3n) is 3.00. The Morgan fingerprint density at radius 1 is 0.944 bits per heavy atom. The van der Waals surface area contributed by atoms with Crippen molar-refractivity contribution in [2.24, 2.45) is 0 Å². The fraction of sp³-hybridized carbons (Fsp3) is 0.600. The minimum atomic E-state index is -0.420. The van der Waals surface area contributed by atoms with Crippen molar-refractivity contribution in [2.45, 2.75) is 51.5 Å². The molecule has 0 N–H and O–H groups in total. The van der Waals surface area contributed by atoms with Crippen LogP contribution in [-0.4, -0.2) is 24.2 Å². The third-order valence-corrected chi connectivity index (χ3v) is 5.85. The summed E-state index contributed by atoms with van der Waals surface area (Å²) in [6, 6.07) is 9.97. The standard InChI is InChI=1S/C15H26OSi2/c1-17(2)13-9-5-8-12-16-14-10-6-7-11-15(14)18(3)4/h6-7,10-11H,5,8-9,12-13H2,1-4H3. The van der Waals surface area contributed by atoms with Gasteiger partial charge in [0.05, 0.1) is 15.4 Å². The lowest BCUT2D eigenvalue weighted by atomic mass is 10.2. The molecule has 0 aliphatic carbocycles. The number of rotatable bonds is 8. The number of ether oxygens (including phenoxy) is 1. The van der Waals surface area contributed by atoms with E-state index in [9.17, 15) is 0 Å². The van der Waals surface area contributed by atoms with E-state index in [0.29, 0.717) is 0 Å². The fourth-order valence-electron chi connectivity index (χ4n) is 1.95. The number of hydrogen-bond acceptors (Lipinski definition) is 1. The van der Waals surface area contributed by atoms with Crippen molar-refractivity contribution in [3.05, 3.63) is 24.3 Å². The van der Waals surface area contributed by atoms with E-state index in [1.807, 2.05) is 0 Å². The molecular formula is C15H26OSi2. The minimum Gasteiger partial charge on any atom is -0.494 e. The Bertz CT molecular complexity index is 337. The normalized spacial score (nSPS) is 11.2. The van der Waals surface area contributed by atoms with Gasteiger partial charge in [0.2, 0.25) is 0 Å². The maximum absolute atomic E-state index is 5.94. The van der Waals surface area contributed by atoms with Crippen LogP contribution in [0, 0.1) is 0 Å². The van der Waals surface area contributed by atoms with Gasteiger partial charge in [-0.25, -0.2) is 0 Å². The molecule has 0 saturated heterocycles. The summed E-state index contributed by atoms with van der Waals surface area (Å²) in [4.78, 5) is 0. The van der Waals surface area contributed by atoms with Crippen LogP contribution in [0.1, 0.15) is 19.3 Å². The Kier molecular flexibility index (Phi) is 7.36. The highest BCUT2D eigenvalue weighted by Gasteiger charge is 2.07. The Labute approximate surface area is 116 Å². The number of para-hydroxylation sites is 1. The summed E-state index contributed by atoms with van der Waals surface area (Å²) in [6.07, 6.45) is 3.88. The molecule has 1 nitrogen and oxygen atoms in total. The first-order valence-corrected chi connectivity index (χ1v) is 12.1.